The van der Waals surface area contributed by atoms with Gasteiger partial charge in [-0.25, -0.2) is 4.39 Å². The quantitative estimate of drug-likeness (QED) is 0.699. The van der Waals surface area contributed by atoms with Crippen LogP contribution in [0.2, 0.25) is 0 Å². The van der Waals surface area contributed by atoms with E-state index < -0.39 is 11.9 Å². The van der Waals surface area contributed by atoms with Crippen LogP contribution in [0, 0.1) is 11.7 Å². The summed E-state index contributed by atoms with van der Waals surface area (Å²) in [4.78, 5) is 12.2. The molecule has 124 valence electrons. The van der Waals surface area contributed by atoms with Gasteiger partial charge in [-0.05, 0) is 30.9 Å². The molecule has 0 bridgehead atoms. The van der Waals surface area contributed by atoms with Crippen molar-refractivity contribution in [2.45, 2.75) is 59.0 Å². The molecule has 3 nitrogen and oxygen atoms in total. The number of nitrogens with one attached hydrogen (secondary N) is 1. The molecule has 0 fully saturated rings. The molecule has 1 rings (SSSR count). The van der Waals surface area contributed by atoms with Crippen LogP contribution in [-0.4, -0.2) is 18.6 Å². The Kier molecular flexibility index (Phi) is 8.56. The number of carbonyl (C=O) groups excluding carboxylic acids is 1. The van der Waals surface area contributed by atoms with Crippen molar-refractivity contribution in [1.29, 1.82) is 0 Å². The predicted octanol–water partition coefficient (Wildman–Crippen LogP) is 4.32. The number of hydrogen-bond acceptors (Lipinski definition) is 2. The smallest absolute Gasteiger partial charge is 0.261 e. The highest BCUT2D eigenvalue weighted by molar-refractivity contribution is 5.81. The van der Waals surface area contributed by atoms with Crippen LogP contribution in [0.5, 0.6) is 5.75 Å². The zero-order chi connectivity index (χ0) is 16.4. The van der Waals surface area contributed by atoms with Gasteiger partial charge in [-0.2, -0.15) is 0 Å². The van der Waals surface area contributed by atoms with Gasteiger partial charge in [0.1, 0.15) is 0 Å². The van der Waals surface area contributed by atoms with Gasteiger partial charge >= 0.3 is 0 Å². The van der Waals surface area contributed by atoms with E-state index in [9.17, 15) is 9.18 Å². The van der Waals surface area contributed by atoms with E-state index in [1.807, 2.05) is 6.92 Å². The van der Waals surface area contributed by atoms with E-state index in [1.54, 1.807) is 18.2 Å². The van der Waals surface area contributed by atoms with Crippen molar-refractivity contribution in [3.8, 4) is 5.75 Å². The molecule has 1 N–H and O–H groups in total. The highest BCUT2D eigenvalue weighted by Gasteiger charge is 2.20. The van der Waals surface area contributed by atoms with E-state index in [-0.39, 0.29) is 11.7 Å². The fraction of sp³-hybridized carbons (Fsp3) is 0.611. The Balaban J connectivity index is 2.52. The second-order valence-electron chi connectivity index (χ2n) is 5.61. The van der Waals surface area contributed by atoms with Crippen molar-refractivity contribution in [2.24, 2.45) is 5.92 Å². The molecule has 0 aliphatic carbocycles. The van der Waals surface area contributed by atoms with Gasteiger partial charge in [-0.1, -0.05) is 52.2 Å². The summed E-state index contributed by atoms with van der Waals surface area (Å²) in [5, 5.41) is 2.95. The van der Waals surface area contributed by atoms with Crippen LogP contribution in [0.15, 0.2) is 24.3 Å². The normalized spacial score (nSPS) is 13.5. The number of amides is 1. The maximum atomic E-state index is 13.6. The fourth-order valence-electron chi connectivity index (χ4n) is 2.32. The molecule has 0 aliphatic rings. The van der Waals surface area contributed by atoms with E-state index in [1.165, 1.54) is 18.9 Å². The van der Waals surface area contributed by atoms with Gasteiger partial charge in [-0.3, -0.25) is 4.79 Å². The summed E-state index contributed by atoms with van der Waals surface area (Å²) in [7, 11) is 0. The van der Waals surface area contributed by atoms with Gasteiger partial charge < -0.3 is 10.1 Å². The minimum absolute atomic E-state index is 0.127. The first-order chi connectivity index (χ1) is 10.6. The molecule has 1 aromatic carbocycles. The Labute approximate surface area is 133 Å². The van der Waals surface area contributed by atoms with E-state index in [0.29, 0.717) is 18.9 Å². The third-order valence-corrected chi connectivity index (χ3v) is 3.88. The van der Waals surface area contributed by atoms with Crippen molar-refractivity contribution in [2.75, 3.05) is 6.54 Å². The zero-order valence-corrected chi connectivity index (χ0v) is 13.9. The summed E-state index contributed by atoms with van der Waals surface area (Å²) in [6.45, 7) is 6.83. The molecule has 1 amide bonds. The standard InChI is InChI=1S/C18H28FNO2/c1-4-7-10-14(5-2)13-20-18(21)16(6-3)22-17-12-9-8-11-15(17)19/h8-9,11-12,14,16H,4-7,10,13H2,1-3H3,(H,20,21)/t14-,16-/m1/s1. The Bertz CT molecular complexity index is 450. The number of unbranched alkanes of at least 4 members (excludes halogenated alkanes) is 1. The first kappa shape index (κ1) is 18.5. The van der Waals surface area contributed by atoms with Crippen molar-refractivity contribution >= 4 is 5.91 Å². The third-order valence-electron chi connectivity index (χ3n) is 3.88. The number of carbonyl (C=O) groups is 1. The van der Waals surface area contributed by atoms with E-state index in [0.717, 1.165) is 12.8 Å². The average Bonchev–Trinajstić information content (AvgIpc) is 2.54. The highest BCUT2D eigenvalue weighted by atomic mass is 19.1. The van der Waals surface area contributed by atoms with E-state index in [4.69, 9.17) is 4.74 Å². The van der Waals surface area contributed by atoms with Crippen molar-refractivity contribution in [3.05, 3.63) is 30.1 Å². The molecule has 4 heteroatoms. The highest BCUT2D eigenvalue weighted by Crippen LogP contribution is 2.18. The SMILES string of the molecule is CCCC[C@@H](CC)CNC(=O)[C@@H](CC)Oc1ccccc1F. The van der Waals surface area contributed by atoms with Crippen molar-refractivity contribution in [1.82, 2.24) is 5.32 Å². The van der Waals surface area contributed by atoms with Gasteiger partial charge in [0.2, 0.25) is 0 Å². The summed E-state index contributed by atoms with van der Waals surface area (Å²) in [6.07, 6.45) is 4.37. The van der Waals surface area contributed by atoms with Crippen LogP contribution in [0.3, 0.4) is 0 Å². The van der Waals surface area contributed by atoms with Gasteiger partial charge in [0.25, 0.3) is 5.91 Å². The number of para-hydroxylation sites is 1. The maximum absolute atomic E-state index is 13.6. The lowest BCUT2D eigenvalue weighted by atomic mass is 9.99. The van der Waals surface area contributed by atoms with E-state index in [2.05, 4.69) is 19.2 Å². The maximum Gasteiger partial charge on any atom is 0.261 e. The largest absolute Gasteiger partial charge is 0.478 e. The van der Waals surface area contributed by atoms with E-state index >= 15 is 0 Å². The molecule has 1 aromatic rings. The van der Waals surface area contributed by atoms with Crippen LogP contribution >= 0.6 is 0 Å². The predicted molar refractivity (Wildman–Crippen MR) is 87.4 cm³/mol. The molecule has 22 heavy (non-hydrogen) atoms. The Hall–Kier alpha value is -1.58. The lowest BCUT2D eigenvalue weighted by Gasteiger charge is -2.20. The first-order valence-electron chi connectivity index (χ1n) is 8.31. The van der Waals surface area contributed by atoms with Crippen molar-refractivity contribution < 1.29 is 13.9 Å². The first-order valence-corrected chi connectivity index (χ1v) is 8.31. The molecule has 0 radical (unpaired) electrons. The molecule has 0 saturated heterocycles. The van der Waals surface area contributed by atoms with Gasteiger partial charge in [0.15, 0.2) is 17.7 Å². The lowest BCUT2D eigenvalue weighted by Crippen LogP contribution is -2.40. The molecule has 2 atom stereocenters. The molecule has 0 spiro atoms. The van der Waals surface area contributed by atoms with Crippen LogP contribution in [0.1, 0.15) is 52.9 Å². The number of rotatable bonds is 10. The van der Waals surface area contributed by atoms with Gasteiger partial charge in [0, 0.05) is 6.54 Å². The number of ether oxygens (including phenoxy) is 1. The zero-order valence-electron chi connectivity index (χ0n) is 13.9. The van der Waals surface area contributed by atoms with Crippen LogP contribution in [0.25, 0.3) is 0 Å². The van der Waals surface area contributed by atoms with Gasteiger partial charge in [0.05, 0.1) is 0 Å². The molecule has 0 aromatic heterocycles. The van der Waals surface area contributed by atoms with Crippen LogP contribution in [-0.2, 0) is 4.79 Å². The number of benzene rings is 1. The summed E-state index contributed by atoms with van der Waals surface area (Å²) < 4.78 is 19.1. The molecule has 0 aliphatic heterocycles. The minimum atomic E-state index is -0.652. The minimum Gasteiger partial charge on any atom is -0.478 e. The molecular weight excluding hydrogens is 281 g/mol. The summed E-state index contributed by atoms with van der Waals surface area (Å²) in [5.41, 5.74) is 0. The molecular formula is C18H28FNO2. The second-order valence-corrected chi connectivity index (χ2v) is 5.61. The Morgan fingerprint density at radius 2 is 1.95 bits per heavy atom. The lowest BCUT2D eigenvalue weighted by molar-refractivity contribution is -0.128. The molecule has 0 saturated carbocycles. The topological polar surface area (TPSA) is 38.3 Å². The number of halogens is 1. The number of hydrogen-bond donors (Lipinski definition) is 1. The fourth-order valence-corrected chi connectivity index (χ4v) is 2.32. The second kappa shape index (κ2) is 10.2. The summed E-state index contributed by atoms with van der Waals surface area (Å²) in [6, 6.07) is 6.17. The summed E-state index contributed by atoms with van der Waals surface area (Å²) >= 11 is 0. The Morgan fingerprint density at radius 3 is 2.55 bits per heavy atom. The van der Waals surface area contributed by atoms with Gasteiger partial charge in [-0.15, -0.1) is 0 Å². The average molecular weight is 309 g/mol. The molecule has 0 heterocycles. The Morgan fingerprint density at radius 1 is 1.23 bits per heavy atom. The van der Waals surface area contributed by atoms with Crippen molar-refractivity contribution in [3.63, 3.8) is 0 Å². The van der Waals surface area contributed by atoms with Crippen LogP contribution < -0.4 is 10.1 Å². The monoisotopic (exact) mass is 309 g/mol. The van der Waals surface area contributed by atoms with Crippen LogP contribution in [0.4, 0.5) is 4.39 Å². The third kappa shape index (κ3) is 6.04. The summed E-state index contributed by atoms with van der Waals surface area (Å²) in [5.74, 6) is 0.0150. The molecule has 0 unspecified atom stereocenters.